The number of pyridine rings is 1. The molecule has 0 saturated carbocycles. The summed E-state index contributed by atoms with van der Waals surface area (Å²) in [6.07, 6.45) is 7.05. The minimum atomic E-state index is -0.153. The fraction of sp³-hybridized carbons (Fsp3) is 0.241. The number of aromatic nitrogens is 3. The van der Waals surface area contributed by atoms with Crippen LogP contribution in [-0.2, 0) is 13.1 Å². The average molecular weight is 496 g/mol. The first-order valence-corrected chi connectivity index (χ1v) is 12.2. The first-order valence-electron chi connectivity index (χ1n) is 12.2. The number of nitrogens with two attached hydrogens (primary N) is 1. The number of hydrogen-bond donors (Lipinski definition) is 2. The van der Waals surface area contributed by atoms with E-state index in [9.17, 15) is 0 Å². The summed E-state index contributed by atoms with van der Waals surface area (Å²) < 4.78 is 6.18. The number of rotatable bonds is 10. The van der Waals surface area contributed by atoms with Crippen molar-refractivity contribution in [3.63, 3.8) is 0 Å². The van der Waals surface area contributed by atoms with Gasteiger partial charge in [-0.3, -0.25) is 5.01 Å². The molecule has 0 bridgehead atoms. The summed E-state index contributed by atoms with van der Waals surface area (Å²) >= 11 is 0. The Labute approximate surface area is 217 Å². The highest BCUT2D eigenvalue weighted by Gasteiger charge is 2.12. The Hall–Kier alpha value is -4.46. The summed E-state index contributed by atoms with van der Waals surface area (Å²) in [7, 11) is 0. The fourth-order valence-electron chi connectivity index (χ4n) is 4.36. The van der Waals surface area contributed by atoms with Crippen LogP contribution in [0.2, 0.25) is 0 Å². The van der Waals surface area contributed by atoms with Crippen LogP contribution in [0.15, 0.2) is 72.2 Å². The number of allylic oxidation sites excluding steroid dienone is 1. The summed E-state index contributed by atoms with van der Waals surface area (Å²) in [6.45, 7) is 13.0. The molecule has 0 aliphatic rings. The lowest BCUT2D eigenvalue weighted by atomic mass is 9.96. The van der Waals surface area contributed by atoms with Crippen molar-refractivity contribution in [3.05, 3.63) is 95.0 Å². The Morgan fingerprint density at radius 1 is 1.16 bits per heavy atom. The molecule has 8 nitrogen and oxygen atoms in total. The smallest absolute Gasteiger partial charge is 0.152 e. The second kappa shape index (κ2) is 11.5. The van der Waals surface area contributed by atoms with Crippen LogP contribution in [0.5, 0.6) is 5.75 Å². The molecule has 3 N–H and O–H groups in total. The monoisotopic (exact) mass is 495 g/mol. The van der Waals surface area contributed by atoms with Crippen molar-refractivity contribution in [1.82, 2.24) is 20.2 Å². The van der Waals surface area contributed by atoms with Crippen LogP contribution in [0, 0.1) is 13.8 Å². The number of nitrogens with one attached hydrogen (secondary N) is 1. The molecule has 0 spiro atoms. The van der Waals surface area contributed by atoms with Crippen LogP contribution in [-0.4, -0.2) is 26.9 Å². The lowest BCUT2D eigenvalue weighted by molar-refractivity contribution is 0.225. The fourth-order valence-corrected chi connectivity index (χ4v) is 4.36. The third-order valence-corrected chi connectivity index (χ3v) is 6.40. The van der Waals surface area contributed by atoms with Crippen molar-refractivity contribution in [2.45, 2.75) is 46.9 Å². The first kappa shape index (κ1) is 25.6. The summed E-state index contributed by atoms with van der Waals surface area (Å²) in [6, 6.07) is 14.2. The Bertz CT molecular complexity index is 1420. The summed E-state index contributed by atoms with van der Waals surface area (Å²) in [5.41, 5.74) is 11.8. The third-order valence-electron chi connectivity index (χ3n) is 6.40. The molecule has 190 valence electrons. The van der Waals surface area contributed by atoms with Crippen molar-refractivity contribution in [2.24, 2.45) is 5.10 Å². The van der Waals surface area contributed by atoms with E-state index in [1.807, 2.05) is 38.3 Å². The van der Waals surface area contributed by atoms with E-state index in [1.54, 1.807) is 17.4 Å². The molecule has 2 heterocycles. The SMILES string of the molecule is C=NN(/C=C\C)Cc1ccc(C(C)Oc2cnnc(NCc3c(C)cc4c(N)nccc4c3C)c2)cc1. The van der Waals surface area contributed by atoms with Gasteiger partial charge in [0.05, 0.1) is 12.7 Å². The van der Waals surface area contributed by atoms with E-state index in [-0.39, 0.29) is 6.10 Å². The Morgan fingerprint density at radius 2 is 1.95 bits per heavy atom. The average Bonchev–Trinajstić information content (AvgIpc) is 2.89. The van der Waals surface area contributed by atoms with E-state index in [2.05, 4.69) is 76.5 Å². The van der Waals surface area contributed by atoms with Gasteiger partial charge >= 0.3 is 0 Å². The Balaban J connectivity index is 1.42. The molecule has 4 aromatic rings. The van der Waals surface area contributed by atoms with Crippen molar-refractivity contribution in [1.29, 1.82) is 0 Å². The van der Waals surface area contributed by atoms with Crippen molar-refractivity contribution >= 4 is 29.1 Å². The zero-order valence-corrected chi connectivity index (χ0v) is 21.8. The molecule has 0 fully saturated rings. The van der Waals surface area contributed by atoms with E-state index >= 15 is 0 Å². The second-order valence-corrected chi connectivity index (χ2v) is 8.94. The van der Waals surface area contributed by atoms with Crippen LogP contribution >= 0.6 is 0 Å². The molecular weight excluding hydrogens is 462 g/mol. The minimum absolute atomic E-state index is 0.153. The second-order valence-electron chi connectivity index (χ2n) is 8.94. The topological polar surface area (TPSA) is 102 Å². The van der Waals surface area contributed by atoms with Gasteiger partial charge in [0, 0.05) is 37.1 Å². The number of nitrogens with zero attached hydrogens (tertiary/aromatic N) is 5. The van der Waals surface area contributed by atoms with Crippen LogP contribution < -0.4 is 15.8 Å². The molecular formula is C29H33N7O. The highest BCUT2D eigenvalue weighted by molar-refractivity contribution is 5.94. The Morgan fingerprint density at radius 3 is 2.68 bits per heavy atom. The zero-order chi connectivity index (χ0) is 26.4. The largest absolute Gasteiger partial charge is 0.484 e. The molecule has 0 radical (unpaired) electrons. The van der Waals surface area contributed by atoms with Gasteiger partial charge in [0.2, 0.25) is 0 Å². The highest BCUT2D eigenvalue weighted by Crippen LogP contribution is 2.29. The predicted octanol–water partition coefficient (Wildman–Crippen LogP) is 5.93. The number of anilines is 2. The molecule has 37 heavy (non-hydrogen) atoms. The van der Waals surface area contributed by atoms with Gasteiger partial charge in [-0.05, 0) is 73.0 Å². The van der Waals surface area contributed by atoms with Gasteiger partial charge in [-0.15, -0.1) is 5.10 Å². The number of ether oxygens (including phenoxy) is 1. The number of benzene rings is 2. The van der Waals surface area contributed by atoms with Gasteiger partial charge in [-0.1, -0.05) is 30.3 Å². The van der Waals surface area contributed by atoms with Crippen molar-refractivity contribution in [3.8, 4) is 5.75 Å². The highest BCUT2D eigenvalue weighted by atomic mass is 16.5. The summed E-state index contributed by atoms with van der Waals surface area (Å²) in [5.74, 6) is 1.84. The van der Waals surface area contributed by atoms with E-state index in [0.29, 0.717) is 30.5 Å². The standard InChI is InChI=1S/C29H33N7O/c1-6-13-36(31-5)18-22-7-9-23(10-8-22)21(4)37-24-15-28(35-34-16-24)33-17-27-19(2)14-26-25(20(27)3)11-12-32-29(26)30/h6-16,21H,5,17-18H2,1-4H3,(H2,30,32)(H,33,35)/b13-6-. The van der Waals surface area contributed by atoms with Gasteiger partial charge in [-0.25, -0.2) is 4.98 Å². The number of fused-ring (bicyclic) bond motifs is 1. The maximum absolute atomic E-state index is 6.18. The van der Waals surface area contributed by atoms with Crippen molar-refractivity contribution < 1.29 is 4.74 Å². The van der Waals surface area contributed by atoms with Crippen LogP contribution in [0.25, 0.3) is 10.8 Å². The van der Waals surface area contributed by atoms with E-state index < -0.39 is 0 Å². The predicted molar refractivity (Wildman–Crippen MR) is 150 cm³/mol. The molecule has 1 unspecified atom stereocenters. The molecule has 8 heteroatoms. The Kier molecular flexibility index (Phi) is 7.98. The maximum atomic E-state index is 6.18. The van der Waals surface area contributed by atoms with Gasteiger partial charge in [0.25, 0.3) is 0 Å². The van der Waals surface area contributed by atoms with Gasteiger partial charge in [-0.2, -0.15) is 10.2 Å². The number of nitrogen functional groups attached to an aromatic ring is 1. The molecule has 2 aromatic heterocycles. The number of hydrogen-bond acceptors (Lipinski definition) is 8. The van der Waals surface area contributed by atoms with Gasteiger partial charge in [0.1, 0.15) is 17.7 Å². The molecule has 0 aliphatic carbocycles. The van der Waals surface area contributed by atoms with Crippen molar-refractivity contribution in [2.75, 3.05) is 11.1 Å². The van der Waals surface area contributed by atoms with Crippen LogP contribution in [0.1, 0.15) is 47.8 Å². The molecule has 0 saturated heterocycles. The molecule has 4 rings (SSSR count). The van der Waals surface area contributed by atoms with Crippen LogP contribution in [0.3, 0.4) is 0 Å². The molecule has 0 aliphatic heterocycles. The first-order chi connectivity index (χ1) is 17.9. The van der Waals surface area contributed by atoms with E-state index in [1.165, 1.54) is 11.1 Å². The quantitative estimate of drug-likeness (QED) is 0.208. The van der Waals surface area contributed by atoms with Crippen LogP contribution in [0.4, 0.5) is 11.6 Å². The summed E-state index contributed by atoms with van der Waals surface area (Å²) in [5, 5.41) is 19.6. The lowest BCUT2D eigenvalue weighted by Crippen LogP contribution is -2.09. The normalized spacial score (nSPS) is 12.0. The maximum Gasteiger partial charge on any atom is 0.152 e. The zero-order valence-electron chi connectivity index (χ0n) is 21.8. The van der Waals surface area contributed by atoms with Gasteiger partial charge < -0.3 is 15.8 Å². The molecule has 1 atom stereocenters. The lowest BCUT2D eigenvalue weighted by Gasteiger charge is -2.17. The summed E-state index contributed by atoms with van der Waals surface area (Å²) in [4.78, 5) is 4.21. The molecule has 2 aromatic carbocycles. The third kappa shape index (κ3) is 6.03. The minimum Gasteiger partial charge on any atom is -0.484 e. The molecule has 0 amide bonds. The van der Waals surface area contributed by atoms with E-state index in [0.717, 1.165) is 27.5 Å². The number of hydrazone groups is 1. The van der Waals surface area contributed by atoms with E-state index in [4.69, 9.17) is 10.5 Å². The van der Waals surface area contributed by atoms with Gasteiger partial charge in [0.15, 0.2) is 5.82 Å². The number of aryl methyl sites for hydroxylation is 2.